The van der Waals surface area contributed by atoms with Crippen LogP contribution in [0.25, 0.3) is 0 Å². The summed E-state index contributed by atoms with van der Waals surface area (Å²) < 4.78 is 5.57. The van der Waals surface area contributed by atoms with Crippen LogP contribution in [0, 0.1) is 24.0 Å². The van der Waals surface area contributed by atoms with Gasteiger partial charge in [0.05, 0.1) is 10.5 Å². The molecule has 0 radical (unpaired) electrons. The van der Waals surface area contributed by atoms with Crippen molar-refractivity contribution in [2.24, 2.45) is 0 Å². The van der Waals surface area contributed by atoms with E-state index in [4.69, 9.17) is 4.74 Å². The first-order valence-electron chi connectivity index (χ1n) is 9.78. The van der Waals surface area contributed by atoms with Gasteiger partial charge in [-0.1, -0.05) is 35.9 Å². The van der Waals surface area contributed by atoms with Crippen LogP contribution in [0.1, 0.15) is 49.1 Å². The predicted octanol–water partition coefficient (Wildman–Crippen LogP) is 4.92. The number of anilines is 1. The number of amides is 1. The molecule has 0 saturated carbocycles. The van der Waals surface area contributed by atoms with Crippen LogP contribution >= 0.6 is 0 Å². The van der Waals surface area contributed by atoms with Crippen molar-refractivity contribution in [3.8, 4) is 0 Å². The van der Waals surface area contributed by atoms with E-state index in [9.17, 15) is 19.7 Å². The number of hydrogen-bond donors (Lipinski definition) is 1. The molecule has 0 aromatic heterocycles. The van der Waals surface area contributed by atoms with Gasteiger partial charge in [0.25, 0.3) is 11.6 Å². The number of hydrogen-bond acceptors (Lipinski definition) is 5. The van der Waals surface area contributed by atoms with Crippen LogP contribution in [0.2, 0.25) is 0 Å². The second kappa shape index (κ2) is 8.02. The first-order valence-corrected chi connectivity index (χ1v) is 9.78. The van der Waals surface area contributed by atoms with Crippen LogP contribution < -0.4 is 5.32 Å². The number of benzene rings is 3. The molecule has 1 atom stereocenters. The SMILES string of the molecule is Cc1ccc([C@@H]2Cc3cc(C(=O)Nc4ccc(C)cc4[N+](=O)[O-])ccc3C(=O)O2)cc1. The molecular weight excluding hydrogens is 396 g/mol. The highest BCUT2D eigenvalue weighted by Gasteiger charge is 2.28. The third kappa shape index (κ3) is 4.16. The highest BCUT2D eigenvalue weighted by atomic mass is 16.6. The minimum absolute atomic E-state index is 0.121. The zero-order valence-corrected chi connectivity index (χ0v) is 17.0. The Morgan fingerprint density at radius 3 is 2.45 bits per heavy atom. The summed E-state index contributed by atoms with van der Waals surface area (Å²) in [6.45, 7) is 3.72. The first kappa shape index (κ1) is 20.3. The lowest BCUT2D eigenvalue weighted by Gasteiger charge is -2.25. The predicted molar refractivity (Wildman–Crippen MR) is 115 cm³/mol. The van der Waals surface area contributed by atoms with Gasteiger partial charge in [-0.15, -0.1) is 0 Å². The Hall–Kier alpha value is -4.00. The standard InChI is InChI=1S/C24H20N2O5/c1-14-3-6-16(7-4-14)22-13-18-12-17(8-9-19(18)24(28)31-22)23(27)25-20-10-5-15(2)11-21(20)26(29)30/h3-12,22H,13H2,1-2H3,(H,25,27)/t22-/m0/s1. The van der Waals surface area contributed by atoms with E-state index in [1.165, 1.54) is 18.2 Å². The second-order valence-electron chi connectivity index (χ2n) is 7.61. The molecule has 0 saturated heterocycles. The second-order valence-corrected chi connectivity index (χ2v) is 7.61. The molecule has 0 fully saturated rings. The summed E-state index contributed by atoms with van der Waals surface area (Å²) in [4.78, 5) is 36.0. The molecular formula is C24H20N2O5. The Labute approximate surface area is 178 Å². The van der Waals surface area contributed by atoms with Crippen molar-refractivity contribution >= 4 is 23.3 Å². The van der Waals surface area contributed by atoms with Gasteiger partial charge in [-0.3, -0.25) is 14.9 Å². The number of nitrogens with zero attached hydrogens (tertiary/aromatic N) is 1. The van der Waals surface area contributed by atoms with Crippen LogP contribution in [-0.2, 0) is 11.2 Å². The molecule has 0 bridgehead atoms. The van der Waals surface area contributed by atoms with Gasteiger partial charge < -0.3 is 10.1 Å². The number of esters is 1. The monoisotopic (exact) mass is 416 g/mol. The number of nitro groups is 1. The molecule has 31 heavy (non-hydrogen) atoms. The fourth-order valence-electron chi connectivity index (χ4n) is 3.60. The van der Waals surface area contributed by atoms with Crippen LogP contribution in [-0.4, -0.2) is 16.8 Å². The van der Waals surface area contributed by atoms with Crippen LogP contribution in [0.5, 0.6) is 0 Å². The number of ether oxygens (including phenoxy) is 1. The zero-order chi connectivity index (χ0) is 22.1. The molecule has 1 aliphatic heterocycles. The van der Waals surface area contributed by atoms with Crippen molar-refractivity contribution < 1.29 is 19.2 Å². The Morgan fingerprint density at radius 1 is 1.03 bits per heavy atom. The normalized spacial score (nSPS) is 15.0. The molecule has 1 heterocycles. The molecule has 156 valence electrons. The Kier molecular flexibility index (Phi) is 5.25. The maximum Gasteiger partial charge on any atom is 0.339 e. The summed E-state index contributed by atoms with van der Waals surface area (Å²) in [6.07, 6.45) is 0.00717. The van der Waals surface area contributed by atoms with Crippen molar-refractivity contribution in [2.45, 2.75) is 26.4 Å². The maximum atomic E-state index is 12.8. The number of nitro benzene ring substituents is 1. The third-order valence-corrected chi connectivity index (χ3v) is 5.29. The molecule has 1 amide bonds. The van der Waals surface area contributed by atoms with Gasteiger partial charge in [-0.25, -0.2) is 4.79 Å². The Bertz CT molecular complexity index is 1200. The summed E-state index contributed by atoms with van der Waals surface area (Å²) in [5, 5.41) is 13.9. The average Bonchev–Trinajstić information content (AvgIpc) is 2.74. The third-order valence-electron chi connectivity index (χ3n) is 5.29. The maximum absolute atomic E-state index is 12.8. The van der Waals surface area contributed by atoms with Gasteiger partial charge in [0.15, 0.2) is 0 Å². The van der Waals surface area contributed by atoms with Crippen molar-refractivity contribution in [3.05, 3.63) is 104 Å². The molecule has 1 aliphatic rings. The molecule has 3 aromatic carbocycles. The molecule has 1 N–H and O–H groups in total. The lowest BCUT2D eigenvalue weighted by atomic mass is 9.92. The van der Waals surface area contributed by atoms with Crippen LogP contribution in [0.3, 0.4) is 0 Å². The number of aryl methyl sites for hydroxylation is 2. The van der Waals surface area contributed by atoms with Crippen molar-refractivity contribution in [1.29, 1.82) is 0 Å². The van der Waals surface area contributed by atoms with Crippen molar-refractivity contribution in [3.63, 3.8) is 0 Å². The summed E-state index contributed by atoms with van der Waals surface area (Å²) in [7, 11) is 0. The average molecular weight is 416 g/mol. The van der Waals surface area contributed by atoms with E-state index >= 15 is 0 Å². The quantitative estimate of drug-likeness (QED) is 0.370. The molecule has 0 spiro atoms. The Morgan fingerprint density at radius 2 is 1.74 bits per heavy atom. The molecule has 7 nitrogen and oxygen atoms in total. The van der Waals surface area contributed by atoms with E-state index in [1.807, 2.05) is 31.2 Å². The molecule has 4 rings (SSSR count). The van der Waals surface area contributed by atoms with Gasteiger partial charge in [0.1, 0.15) is 11.8 Å². The first-order chi connectivity index (χ1) is 14.8. The van der Waals surface area contributed by atoms with Gasteiger partial charge in [0.2, 0.25) is 0 Å². The summed E-state index contributed by atoms with van der Waals surface area (Å²) in [5.41, 5.74) is 4.09. The van der Waals surface area contributed by atoms with Crippen molar-refractivity contribution in [2.75, 3.05) is 5.32 Å². The lowest BCUT2D eigenvalue weighted by molar-refractivity contribution is -0.384. The minimum atomic E-state index is -0.530. The topological polar surface area (TPSA) is 98.5 Å². The van der Waals surface area contributed by atoms with E-state index in [0.29, 0.717) is 23.1 Å². The summed E-state index contributed by atoms with van der Waals surface area (Å²) in [5.74, 6) is -0.923. The van der Waals surface area contributed by atoms with Crippen LogP contribution in [0.15, 0.2) is 60.7 Å². The smallest absolute Gasteiger partial charge is 0.339 e. The van der Waals surface area contributed by atoms with E-state index < -0.39 is 22.9 Å². The summed E-state index contributed by atoms with van der Waals surface area (Å²) >= 11 is 0. The largest absolute Gasteiger partial charge is 0.454 e. The van der Waals surface area contributed by atoms with Crippen LogP contribution in [0.4, 0.5) is 11.4 Å². The zero-order valence-electron chi connectivity index (χ0n) is 17.0. The lowest BCUT2D eigenvalue weighted by Crippen LogP contribution is -2.23. The fraction of sp³-hybridized carbons (Fsp3) is 0.167. The Balaban J connectivity index is 1.60. The van der Waals surface area contributed by atoms with E-state index in [2.05, 4.69) is 5.32 Å². The van der Waals surface area contributed by atoms with Gasteiger partial charge in [0, 0.05) is 18.1 Å². The van der Waals surface area contributed by atoms with E-state index in [1.54, 1.807) is 25.1 Å². The summed E-state index contributed by atoms with van der Waals surface area (Å²) in [6, 6.07) is 17.1. The molecule has 7 heteroatoms. The number of nitrogens with one attached hydrogen (secondary N) is 1. The highest BCUT2D eigenvalue weighted by Crippen LogP contribution is 2.32. The fourth-order valence-corrected chi connectivity index (χ4v) is 3.60. The highest BCUT2D eigenvalue weighted by molar-refractivity contribution is 6.06. The van der Waals surface area contributed by atoms with Crippen molar-refractivity contribution in [1.82, 2.24) is 0 Å². The minimum Gasteiger partial charge on any atom is -0.454 e. The molecule has 0 unspecified atom stereocenters. The van der Waals surface area contributed by atoms with Gasteiger partial charge in [-0.05, 0) is 54.8 Å². The number of carbonyl (C=O) groups is 2. The van der Waals surface area contributed by atoms with Gasteiger partial charge in [-0.2, -0.15) is 0 Å². The molecule has 0 aliphatic carbocycles. The van der Waals surface area contributed by atoms with E-state index in [-0.39, 0.29) is 11.4 Å². The number of rotatable bonds is 4. The number of fused-ring (bicyclic) bond motifs is 1. The molecule has 3 aromatic rings. The number of cyclic esters (lactones) is 1. The number of carbonyl (C=O) groups excluding carboxylic acids is 2. The van der Waals surface area contributed by atoms with E-state index in [0.717, 1.165) is 16.7 Å². The van der Waals surface area contributed by atoms with Gasteiger partial charge >= 0.3 is 5.97 Å².